The first-order chi connectivity index (χ1) is 5.84. The standard InChI is InChI=1S/C8H5Cl5/c1-4-5(8(11,12)13)2-3-6(9)7(4)10/h2-3H,1H3. The molecule has 0 atom stereocenters. The summed E-state index contributed by atoms with van der Waals surface area (Å²) in [5.74, 6) is 0. The molecular weight excluding hydrogens is 273 g/mol. The van der Waals surface area contributed by atoms with Crippen molar-refractivity contribution in [1.82, 2.24) is 0 Å². The smallest absolute Gasteiger partial charge is 0.0827 e. The summed E-state index contributed by atoms with van der Waals surface area (Å²) in [5.41, 5.74) is 1.24. The zero-order valence-corrected chi connectivity index (χ0v) is 10.3. The minimum absolute atomic E-state index is 0.422. The van der Waals surface area contributed by atoms with Gasteiger partial charge in [0.15, 0.2) is 0 Å². The molecule has 0 aliphatic carbocycles. The third-order valence-electron chi connectivity index (χ3n) is 1.64. The Labute approximate surface area is 102 Å². The summed E-state index contributed by atoms with van der Waals surface area (Å²) in [5, 5.41) is 0.877. The van der Waals surface area contributed by atoms with E-state index in [4.69, 9.17) is 58.0 Å². The van der Waals surface area contributed by atoms with Gasteiger partial charge in [0.2, 0.25) is 3.79 Å². The second kappa shape index (κ2) is 4.04. The highest BCUT2D eigenvalue weighted by molar-refractivity contribution is 6.67. The Kier molecular flexibility index (Phi) is 3.65. The van der Waals surface area contributed by atoms with Crippen molar-refractivity contribution < 1.29 is 0 Å². The number of alkyl halides is 3. The molecule has 1 rings (SSSR count). The third kappa shape index (κ3) is 2.57. The van der Waals surface area contributed by atoms with Gasteiger partial charge in [-0.1, -0.05) is 64.1 Å². The quantitative estimate of drug-likeness (QED) is 0.577. The number of hydrogen-bond donors (Lipinski definition) is 0. The number of benzene rings is 1. The molecule has 0 spiro atoms. The van der Waals surface area contributed by atoms with Gasteiger partial charge in [0.05, 0.1) is 10.0 Å². The molecule has 72 valence electrons. The molecule has 0 aliphatic rings. The van der Waals surface area contributed by atoms with Crippen LogP contribution in [0.4, 0.5) is 0 Å². The summed E-state index contributed by atoms with van der Waals surface area (Å²) in [7, 11) is 0. The van der Waals surface area contributed by atoms with Crippen LogP contribution in [0.25, 0.3) is 0 Å². The molecule has 5 heteroatoms. The molecule has 1 aromatic carbocycles. The molecule has 0 aromatic heterocycles. The summed E-state index contributed by atoms with van der Waals surface area (Å²) in [4.78, 5) is 0. The van der Waals surface area contributed by atoms with Gasteiger partial charge >= 0.3 is 0 Å². The molecular formula is C8H5Cl5. The van der Waals surface area contributed by atoms with E-state index in [0.29, 0.717) is 21.2 Å². The lowest BCUT2D eigenvalue weighted by atomic mass is 10.1. The van der Waals surface area contributed by atoms with Gasteiger partial charge in [-0.25, -0.2) is 0 Å². The first kappa shape index (κ1) is 11.7. The first-order valence-corrected chi connectivity index (χ1v) is 5.25. The highest BCUT2D eigenvalue weighted by Gasteiger charge is 2.26. The van der Waals surface area contributed by atoms with Crippen LogP contribution in [0.15, 0.2) is 12.1 Å². The molecule has 0 amide bonds. The molecule has 0 N–H and O–H groups in total. The SMILES string of the molecule is Cc1c(C(Cl)(Cl)Cl)ccc(Cl)c1Cl. The Hall–Kier alpha value is 0.670. The van der Waals surface area contributed by atoms with Crippen molar-refractivity contribution in [3.05, 3.63) is 33.3 Å². The monoisotopic (exact) mass is 276 g/mol. The minimum atomic E-state index is -1.46. The van der Waals surface area contributed by atoms with Crippen molar-refractivity contribution in [2.24, 2.45) is 0 Å². The number of rotatable bonds is 0. The third-order valence-corrected chi connectivity index (χ3v) is 3.15. The maximum absolute atomic E-state index is 5.88. The minimum Gasteiger partial charge on any atom is -0.0827 e. The van der Waals surface area contributed by atoms with Crippen LogP contribution in [-0.4, -0.2) is 0 Å². The van der Waals surface area contributed by atoms with E-state index < -0.39 is 3.79 Å². The van der Waals surface area contributed by atoms with Crippen molar-refractivity contribution in [3.63, 3.8) is 0 Å². The Bertz CT molecular complexity index is 326. The average Bonchev–Trinajstić information content (AvgIpc) is 1.98. The molecule has 0 radical (unpaired) electrons. The van der Waals surface area contributed by atoms with E-state index in [9.17, 15) is 0 Å². The van der Waals surface area contributed by atoms with E-state index in [1.54, 1.807) is 19.1 Å². The predicted molar refractivity (Wildman–Crippen MR) is 60.4 cm³/mol. The summed E-state index contributed by atoms with van der Waals surface area (Å²) in [6.45, 7) is 1.76. The lowest BCUT2D eigenvalue weighted by Gasteiger charge is -2.15. The highest BCUT2D eigenvalue weighted by atomic mass is 35.6. The molecule has 0 aliphatic heterocycles. The number of hydrogen-bond acceptors (Lipinski definition) is 0. The van der Waals surface area contributed by atoms with Crippen molar-refractivity contribution in [1.29, 1.82) is 0 Å². The van der Waals surface area contributed by atoms with Gasteiger partial charge in [-0.05, 0) is 18.6 Å². The lowest BCUT2D eigenvalue weighted by Crippen LogP contribution is -2.03. The maximum atomic E-state index is 5.88. The van der Waals surface area contributed by atoms with E-state index in [0.717, 1.165) is 0 Å². The molecule has 13 heavy (non-hydrogen) atoms. The van der Waals surface area contributed by atoms with Gasteiger partial charge in [0, 0.05) is 5.56 Å². The fraction of sp³-hybridized carbons (Fsp3) is 0.250. The van der Waals surface area contributed by atoms with Crippen molar-refractivity contribution >= 4 is 58.0 Å². The Morgan fingerprint density at radius 3 is 2.08 bits per heavy atom. The Morgan fingerprint density at radius 1 is 1.08 bits per heavy atom. The van der Waals surface area contributed by atoms with Gasteiger partial charge in [-0.3, -0.25) is 0 Å². The summed E-state index contributed by atoms with van der Waals surface area (Å²) < 4.78 is -1.46. The van der Waals surface area contributed by atoms with E-state index in [1.165, 1.54) is 0 Å². The lowest BCUT2D eigenvalue weighted by molar-refractivity contribution is 1.19. The van der Waals surface area contributed by atoms with Crippen molar-refractivity contribution in [2.45, 2.75) is 10.7 Å². The van der Waals surface area contributed by atoms with E-state index in [-0.39, 0.29) is 0 Å². The summed E-state index contributed by atoms with van der Waals surface area (Å²) in [6, 6.07) is 3.25. The van der Waals surface area contributed by atoms with E-state index in [1.807, 2.05) is 0 Å². The van der Waals surface area contributed by atoms with Crippen LogP contribution in [-0.2, 0) is 3.79 Å². The van der Waals surface area contributed by atoms with Gasteiger partial charge < -0.3 is 0 Å². The molecule has 0 unspecified atom stereocenters. The fourth-order valence-corrected chi connectivity index (χ4v) is 1.94. The van der Waals surface area contributed by atoms with Gasteiger partial charge in [-0.15, -0.1) is 0 Å². The van der Waals surface area contributed by atoms with Crippen LogP contribution in [0, 0.1) is 6.92 Å². The summed E-state index contributed by atoms with van der Waals surface area (Å²) in [6.07, 6.45) is 0. The maximum Gasteiger partial charge on any atom is 0.216 e. The van der Waals surface area contributed by atoms with Crippen LogP contribution < -0.4 is 0 Å². The van der Waals surface area contributed by atoms with Crippen LogP contribution >= 0.6 is 58.0 Å². The van der Waals surface area contributed by atoms with Gasteiger partial charge in [-0.2, -0.15) is 0 Å². The van der Waals surface area contributed by atoms with Gasteiger partial charge in [0.1, 0.15) is 0 Å². The Morgan fingerprint density at radius 2 is 1.62 bits per heavy atom. The van der Waals surface area contributed by atoms with Gasteiger partial charge in [0.25, 0.3) is 0 Å². The molecule has 0 nitrogen and oxygen atoms in total. The van der Waals surface area contributed by atoms with Crippen LogP contribution in [0.3, 0.4) is 0 Å². The zero-order valence-electron chi connectivity index (χ0n) is 6.54. The predicted octanol–water partition coefficient (Wildman–Crippen LogP) is 5.13. The fourth-order valence-electron chi connectivity index (χ4n) is 0.959. The van der Waals surface area contributed by atoms with Crippen LogP contribution in [0.1, 0.15) is 11.1 Å². The van der Waals surface area contributed by atoms with Crippen molar-refractivity contribution in [2.75, 3.05) is 0 Å². The molecule has 0 heterocycles. The summed E-state index contributed by atoms with van der Waals surface area (Å²) >= 11 is 28.8. The van der Waals surface area contributed by atoms with Crippen LogP contribution in [0.2, 0.25) is 10.0 Å². The normalized spacial score (nSPS) is 11.8. The van der Waals surface area contributed by atoms with Crippen LogP contribution in [0.5, 0.6) is 0 Å². The molecule has 0 fully saturated rings. The second-order valence-electron chi connectivity index (χ2n) is 2.53. The highest BCUT2D eigenvalue weighted by Crippen LogP contribution is 2.42. The molecule has 0 bridgehead atoms. The topological polar surface area (TPSA) is 0 Å². The molecule has 0 saturated heterocycles. The van der Waals surface area contributed by atoms with E-state index in [2.05, 4.69) is 0 Å². The second-order valence-corrected chi connectivity index (χ2v) is 5.60. The largest absolute Gasteiger partial charge is 0.216 e. The molecule has 0 saturated carbocycles. The van der Waals surface area contributed by atoms with E-state index >= 15 is 0 Å². The Balaban J connectivity index is 3.35. The average molecular weight is 278 g/mol. The first-order valence-electron chi connectivity index (χ1n) is 3.36. The zero-order chi connectivity index (χ0) is 10.2. The molecule has 1 aromatic rings. The van der Waals surface area contributed by atoms with Crippen molar-refractivity contribution in [3.8, 4) is 0 Å². The number of halogens is 5.